The van der Waals surface area contributed by atoms with Crippen molar-refractivity contribution < 1.29 is 0 Å². The molecule has 0 heterocycles. The van der Waals surface area contributed by atoms with E-state index in [1.54, 1.807) is 0 Å². The third-order valence-corrected chi connectivity index (χ3v) is 5.86. The van der Waals surface area contributed by atoms with Crippen LogP contribution in [0.15, 0.2) is 24.3 Å². The summed E-state index contributed by atoms with van der Waals surface area (Å²) >= 11 is 0. The molecule has 0 spiro atoms. The molecule has 1 aromatic rings. The normalized spacial score (nSPS) is 20.7. The molecule has 1 aliphatic carbocycles. The Labute approximate surface area is 149 Å². The molecule has 0 bridgehead atoms. The molecule has 2 rings (SSSR count). The fourth-order valence-corrected chi connectivity index (χ4v) is 4.14. The van der Waals surface area contributed by atoms with Gasteiger partial charge in [-0.15, -0.1) is 0 Å². The van der Waals surface area contributed by atoms with Gasteiger partial charge in [-0.1, -0.05) is 89.7 Å². The van der Waals surface area contributed by atoms with Crippen molar-refractivity contribution in [2.45, 2.75) is 90.4 Å². The van der Waals surface area contributed by atoms with Gasteiger partial charge >= 0.3 is 0 Å². The van der Waals surface area contributed by atoms with Crippen LogP contribution in [-0.2, 0) is 6.42 Å². The highest BCUT2D eigenvalue weighted by Gasteiger charge is 2.20. The van der Waals surface area contributed by atoms with Crippen LogP contribution in [0.5, 0.6) is 0 Å². The summed E-state index contributed by atoms with van der Waals surface area (Å²) in [6.07, 6.45) is 18.4. The van der Waals surface area contributed by atoms with Crippen LogP contribution in [0.25, 0.3) is 0 Å². The van der Waals surface area contributed by atoms with Gasteiger partial charge in [0, 0.05) is 0 Å². The summed E-state index contributed by atoms with van der Waals surface area (Å²) in [5, 5.41) is 8.85. The molecule has 132 valence electrons. The Morgan fingerprint density at radius 3 is 2.04 bits per heavy atom. The smallest absolute Gasteiger partial charge is 0.0991 e. The molecule has 0 radical (unpaired) electrons. The Morgan fingerprint density at radius 1 is 0.833 bits per heavy atom. The number of hydrogen-bond donors (Lipinski definition) is 0. The second-order valence-corrected chi connectivity index (χ2v) is 7.79. The fraction of sp³-hybridized carbons (Fsp3) is 0.696. The van der Waals surface area contributed by atoms with E-state index < -0.39 is 0 Å². The van der Waals surface area contributed by atoms with E-state index in [0.29, 0.717) is 0 Å². The molecule has 0 aromatic heterocycles. The Morgan fingerprint density at radius 2 is 1.42 bits per heavy atom. The van der Waals surface area contributed by atoms with Gasteiger partial charge in [0.2, 0.25) is 0 Å². The van der Waals surface area contributed by atoms with Crippen LogP contribution in [0.2, 0.25) is 0 Å². The number of hydrogen-bond acceptors (Lipinski definition) is 1. The second kappa shape index (κ2) is 11.3. The molecule has 0 amide bonds. The average molecular weight is 326 g/mol. The highest BCUT2D eigenvalue weighted by atomic mass is 14.3. The first kappa shape index (κ1) is 19.0. The standard InChI is InChI=1S/C23H35N/c1-2-3-4-5-6-7-8-20-9-11-21(12-10-20)13-14-22-15-17-23(19-24)18-16-22/h15-18,20-21H,2-14H2,1H3/t20-,21-. The third-order valence-electron chi connectivity index (χ3n) is 5.86. The van der Waals surface area contributed by atoms with Crippen LogP contribution in [0.3, 0.4) is 0 Å². The predicted molar refractivity (Wildman–Crippen MR) is 103 cm³/mol. The van der Waals surface area contributed by atoms with Gasteiger partial charge in [0.25, 0.3) is 0 Å². The Bertz CT molecular complexity index is 474. The lowest BCUT2D eigenvalue weighted by molar-refractivity contribution is 0.248. The maximum Gasteiger partial charge on any atom is 0.0991 e. The molecule has 1 aliphatic rings. The van der Waals surface area contributed by atoms with E-state index in [0.717, 1.165) is 17.4 Å². The molecule has 1 heteroatoms. The molecule has 1 nitrogen and oxygen atoms in total. The Balaban J connectivity index is 1.55. The molecule has 0 atom stereocenters. The highest BCUT2D eigenvalue weighted by molar-refractivity contribution is 5.31. The van der Waals surface area contributed by atoms with Crippen LogP contribution in [0.1, 0.15) is 95.1 Å². The number of aryl methyl sites for hydroxylation is 1. The van der Waals surface area contributed by atoms with E-state index in [-0.39, 0.29) is 0 Å². The van der Waals surface area contributed by atoms with Crippen molar-refractivity contribution in [3.05, 3.63) is 35.4 Å². The lowest BCUT2D eigenvalue weighted by Gasteiger charge is -2.28. The van der Waals surface area contributed by atoms with Crippen LogP contribution in [0, 0.1) is 23.2 Å². The van der Waals surface area contributed by atoms with Crippen LogP contribution in [-0.4, -0.2) is 0 Å². The summed E-state index contributed by atoms with van der Waals surface area (Å²) in [5.41, 5.74) is 2.16. The lowest BCUT2D eigenvalue weighted by Crippen LogP contribution is -2.15. The van der Waals surface area contributed by atoms with E-state index in [4.69, 9.17) is 5.26 Å². The summed E-state index contributed by atoms with van der Waals surface area (Å²) in [6, 6.07) is 10.4. The quantitative estimate of drug-likeness (QED) is 0.423. The minimum absolute atomic E-state index is 0.772. The molecule has 0 aliphatic heterocycles. The van der Waals surface area contributed by atoms with E-state index in [2.05, 4.69) is 25.1 Å². The van der Waals surface area contributed by atoms with Crippen molar-refractivity contribution in [3.63, 3.8) is 0 Å². The molecule has 24 heavy (non-hydrogen) atoms. The fourth-order valence-electron chi connectivity index (χ4n) is 4.14. The molecule has 0 unspecified atom stereocenters. The van der Waals surface area contributed by atoms with Crippen LogP contribution in [0.4, 0.5) is 0 Å². The Hall–Kier alpha value is -1.29. The molecule has 0 saturated heterocycles. The zero-order valence-corrected chi connectivity index (χ0v) is 15.6. The van der Waals surface area contributed by atoms with Gasteiger partial charge in [-0.3, -0.25) is 0 Å². The third kappa shape index (κ3) is 7.08. The summed E-state index contributed by atoms with van der Waals surface area (Å²) < 4.78 is 0. The van der Waals surface area contributed by atoms with Crippen molar-refractivity contribution >= 4 is 0 Å². The van der Waals surface area contributed by atoms with Crippen molar-refractivity contribution in [3.8, 4) is 6.07 Å². The van der Waals surface area contributed by atoms with Crippen molar-refractivity contribution in [2.75, 3.05) is 0 Å². The van der Waals surface area contributed by atoms with Gasteiger partial charge in [-0.25, -0.2) is 0 Å². The summed E-state index contributed by atoms with van der Waals surface area (Å²) in [4.78, 5) is 0. The number of nitriles is 1. The summed E-state index contributed by atoms with van der Waals surface area (Å²) in [5.74, 6) is 1.95. The molecule has 1 fully saturated rings. The minimum Gasteiger partial charge on any atom is -0.192 e. The lowest BCUT2D eigenvalue weighted by atomic mass is 9.77. The maximum atomic E-state index is 8.85. The molecule has 1 aromatic carbocycles. The van der Waals surface area contributed by atoms with E-state index in [9.17, 15) is 0 Å². The summed E-state index contributed by atoms with van der Waals surface area (Å²) in [7, 11) is 0. The topological polar surface area (TPSA) is 23.8 Å². The van der Waals surface area contributed by atoms with Crippen LogP contribution < -0.4 is 0 Å². The number of rotatable bonds is 10. The first-order valence-corrected chi connectivity index (χ1v) is 10.3. The zero-order valence-electron chi connectivity index (χ0n) is 15.6. The maximum absolute atomic E-state index is 8.85. The highest BCUT2D eigenvalue weighted by Crippen LogP contribution is 2.34. The number of unbranched alkanes of at least 4 members (excludes halogenated alkanes) is 5. The Kier molecular flexibility index (Phi) is 8.96. The van der Waals surface area contributed by atoms with Gasteiger partial charge in [0.1, 0.15) is 0 Å². The zero-order chi connectivity index (χ0) is 17.0. The minimum atomic E-state index is 0.772. The van der Waals surface area contributed by atoms with E-state index in [1.165, 1.54) is 89.0 Å². The van der Waals surface area contributed by atoms with Crippen molar-refractivity contribution in [1.29, 1.82) is 5.26 Å². The van der Waals surface area contributed by atoms with Crippen molar-refractivity contribution in [1.82, 2.24) is 0 Å². The monoisotopic (exact) mass is 325 g/mol. The predicted octanol–water partition coefficient (Wildman–Crippen LogP) is 7.05. The average Bonchev–Trinajstić information content (AvgIpc) is 2.64. The number of nitrogens with zero attached hydrogens (tertiary/aromatic N) is 1. The molecule has 1 saturated carbocycles. The van der Waals surface area contributed by atoms with Gasteiger partial charge in [-0.05, 0) is 42.4 Å². The largest absolute Gasteiger partial charge is 0.192 e. The first-order valence-electron chi connectivity index (χ1n) is 10.3. The SMILES string of the molecule is CCCCCCCC[C@H]1CC[C@H](CCc2ccc(C#N)cc2)CC1. The molecule has 0 N–H and O–H groups in total. The van der Waals surface area contributed by atoms with E-state index >= 15 is 0 Å². The van der Waals surface area contributed by atoms with Gasteiger partial charge in [0.15, 0.2) is 0 Å². The number of benzene rings is 1. The second-order valence-electron chi connectivity index (χ2n) is 7.79. The van der Waals surface area contributed by atoms with Crippen LogP contribution >= 0.6 is 0 Å². The summed E-state index contributed by atoms with van der Waals surface area (Å²) in [6.45, 7) is 2.29. The van der Waals surface area contributed by atoms with Gasteiger partial charge in [-0.2, -0.15) is 5.26 Å². The molecular weight excluding hydrogens is 290 g/mol. The van der Waals surface area contributed by atoms with Gasteiger partial charge < -0.3 is 0 Å². The van der Waals surface area contributed by atoms with E-state index in [1.807, 2.05) is 12.1 Å². The van der Waals surface area contributed by atoms with Crippen molar-refractivity contribution in [2.24, 2.45) is 11.8 Å². The first-order chi connectivity index (χ1) is 11.8. The van der Waals surface area contributed by atoms with Gasteiger partial charge in [0.05, 0.1) is 11.6 Å². The molecular formula is C23H35N.